The third-order valence-electron chi connectivity index (χ3n) is 5.17. The van der Waals surface area contributed by atoms with Crippen LogP contribution in [0.4, 0.5) is 11.4 Å². The maximum Gasteiger partial charge on any atom is 0.249 e. The first-order chi connectivity index (χ1) is 16.0. The molecule has 0 aromatic heterocycles. The number of hydrazone groups is 2. The number of amides is 2. The van der Waals surface area contributed by atoms with Crippen LogP contribution >= 0.6 is 0 Å². The van der Waals surface area contributed by atoms with Crippen LogP contribution in [0, 0.1) is 0 Å². The summed E-state index contributed by atoms with van der Waals surface area (Å²) < 4.78 is 0. The molecule has 0 aliphatic heterocycles. The molecule has 2 N–H and O–H groups in total. The molecular weight excluding hydrogens is 416 g/mol. The molecule has 176 valence electrons. The summed E-state index contributed by atoms with van der Waals surface area (Å²) in [6.07, 6.45) is 2.72. The molecule has 0 fully saturated rings. The Morgan fingerprint density at radius 2 is 1.00 bits per heavy atom. The largest absolute Gasteiger partial charge is 0.372 e. The molecule has 0 heterocycles. The first-order valence-corrected chi connectivity index (χ1v) is 11.3. The monoisotopic (exact) mass is 450 g/mol. The van der Waals surface area contributed by atoms with Crippen molar-refractivity contribution in [1.29, 1.82) is 0 Å². The van der Waals surface area contributed by atoms with Crippen molar-refractivity contribution >= 4 is 35.6 Å². The molecule has 0 unspecified atom stereocenters. The minimum absolute atomic E-state index is 0.365. The second-order valence-electron chi connectivity index (χ2n) is 7.29. The lowest BCUT2D eigenvalue weighted by Crippen LogP contribution is -2.27. The van der Waals surface area contributed by atoms with Crippen LogP contribution in [0.15, 0.2) is 58.7 Å². The van der Waals surface area contributed by atoms with E-state index in [9.17, 15) is 9.59 Å². The van der Waals surface area contributed by atoms with Gasteiger partial charge in [0.1, 0.15) is 6.42 Å². The van der Waals surface area contributed by atoms with Crippen molar-refractivity contribution in [2.24, 2.45) is 10.2 Å². The van der Waals surface area contributed by atoms with E-state index < -0.39 is 11.8 Å². The summed E-state index contributed by atoms with van der Waals surface area (Å²) >= 11 is 0. The van der Waals surface area contributed by atoms with E-state index in [0.29, 0.717) is 0 Å². The van der Waals surface area contributed by atoms with Crippen molar-refractivity contribution in [3.63, 3.8) is 0 Å². The maximum absolute atomic E-state index is 11.9. The van der Waals surface area contributed by atoms with Gasteiger partial charge >= 0.3 is 0 Å². The van der Waals surface area contributed by atoms with Gasteiger partial charge in [-0.1, -0.05) is 24.3 Å². The Hall–Kier alpha value is -3.68. The van der Waals surface area contributed by atoms with E-state index in [1.165, 1.54) is 0 Å². The summed E-state index contributed by atoms with van der Waals surface area (Å²) in [5.41, 5.74) is 8.70. The van der Waals surface area contributed by atoms with Gasteiger partial charge < -0.3 is 9.80 Å². The van der Waals surface area contributed by atoms with Gasteiger partial charge in [-0.25, -0.2) is 10.9 Å². The smallest absolute Gasteiger partial charge is 0.249 e. The van der Waals surface area contributed by atoms with Crippen LogP contribution in [-0.2, 0) is 9.59 Å². The molecule has 2 amide bonds. The topological polar surface area (TPSA) is 89.4 Å². The summed E-state index contributed by atoms with van der Waals surface area (Å²) in [7, 11) is 0. The highest BCUT2D eigenvalue weighted by Gasteiger charge is 2.07. The Bertz CT molecular complexity index is 853. The van der Waals surface area contributed by atoms with Crippen molar-refractivity contribution in [2.45, 2.75) is 34.1 Å². The Balaban J connectivity index is 1.76. The van der Waals surface area contributed by atoms with Gasteiger partial charge in [0.05, 0.1) is 12.4 Å². The predicted molar refractivity (Wildman–Crippen MR) is 136 cm³/mol. The SMILES string of the molecule is CCN(CC)c1ccc(/C=N\NC(=O)CC(=O)N/N=C\c2ccc(N(CC)CC)cc2)cc1. The minimum atomic E-state index is -0.512. The number of rotatable bonds is 12. The van der Waals surface area contributed by atoms with Crippen molar-refractivity contribution in [3.8, 4) is 0 Å². The van der Waals surface area contributed by atoms with E-state index in [1.54, 1.807) is 12.4 Å². The predicted octanol–water partition coefficient (Wildman–Crippen LogP) is 3.37. The fourth-order valence-corrected chi connectivity index (χ4v) is 3.30. The molecular formula is C25H34N6O2. The fraction of sp³-hybridized carbons (Fsp3) is 0.360. The zero-order valence-electron chi connectivity index (χ0n) is 19.9. The average Bonchev–Trinajstić information content (AvgIpc) is 2.82. The standard InChI is InChI=1S/C25H34N6O2/c1-5-30(6-2)22-13-9-20(10-14-22)18-26-28-24(32)17-25(33)29-27-19-21-11-15-23(16-12-21)31(7-3)8-4/h9-16,18-19H,5-8,17H2,1-4H3,(H,28,32)(H,29,33)/b26-18-,27-19-. The second kappa shape index (κ2) is 13.7. The molecule has 0 saturated heterocycles. The zero-order chi connectivity index (χ0) is 24.1. The number of hydrogen-bond donors (Lipinski definition) is 2. The Morgan fingerprint density at radius 3 is 1.30 bits per heavy atom. The van der Waals surface area contributed by atoms with Crippen LogP contribution in [0.5, 0.6) is 0 Å². The molecule has 0 radical (unpaired) electrons. The highest BCUT2D eigenvalue weighted by atomic mass is 16.2. The Morgan fingerprint density at radius 1 is 0.667 bits per heavy atom. The Labute approximate surface area is 196 Å². The molecule has 0 bridgehead atoms. The zero-order valence-corrected chi connectivity index (χ0v) is 19.9. The lowest BCUT2D eigenvalue weighted by atomic mass is 10.2. The molecule has 0 saturated carbocycles. The molecule has 2 aromatic carbocycles. The van der Waals surface area contributed by atoms with Crippen LogP contribution in [0.3, 0.4) is 0 Å². The quantitative estimate of drug-likeness (QED) is 0.295. The lowest BCUT2D eigenvalue weighted by Gasteiger charge is -2.20. The van der Waals surface area contributed by atoms with Gasteiger partial charge in [-0.05, 0) is 63.1 Å². The average molecular weight is 451 g/mol. The van der Waals surface area contributed by atoms with Crippen LogP contribution < -0.4 is 20.7 Å². The van der Waals surface area contributed by atoms with E-state index >= 15 is 0 Å². The summed E-state index contributed by atoms with van der Waals surface area (Å²) in [4.78, 5) is 28.3. The number of anilines is 2. The normalized spacial score (nSPS) is 11.0. The highest BCUT2D eigenvalue weighted by Crippen LogP contribution is 2.14. The number of benzene rings is 2. The van der Waals surface area contributed by atoms with Crippen LogP contribution in [-0.4, -0.2) is 50.4 Å². The van der Waals surface area contributed by atoms with E-state index in [2.05, 4.69) is 58.5 Å². The van der Waals surface area contributed by atoms with E-state index in [1.807, 2.05) is 48.5 Å². The molecule has 2 rings (SSSR count). The van der Waals surface area contributed by atoms with Crippen LogP contribution in [0.2, 0.25) is 0 Å². The first-order valence-electron chi connectivity index (χ1n) is 11.3. The number of hydrogen-bond acceptors (Lipinski definition) is 6. The van der Waals surface area contributed by atoms with Crippen molar-refractivity contribution in [1.82, 2.24) is 10.9 Å². The number of nitrogens with one attached hydrogen (secondary N) is 2. The first kappa shape index (κ1) is 25.6. The van der Waals surface area contributed by atoms with Crippen LogP contribution in [0.1, 0.15) is 45.2 Å². The second-order valence-corrected chi connectivity index (χ2v) is 7.29. The van der Waals surface area contributed by atoms with Crippen LogP contribution in [0.25, 0.3) is 0 Å². The van der Waals surface area contributed by atoms with Gasteiger partial charge in [0.25, 0.3) is 0 Å². The molecule has 2 aromatic rings. The van der Waals surface area contributed by atoms with E-state index in [0.717, 1.165) is 48.7 Å². The number of carbonyl (C=O) groups excluding carboxylic acids is 2. The summed E-state index contributed by atoms with van der Waals surface area (Å²) in [5.74, 6) is -1.02. The van der Waals surface area contributed by atoms with Gasteiger partial charge in [0.15, 0.2) is 0 Å². The fourth-order valence-electron chi connectivity index (χ4n) is 3.30. The summed E-state index contributed by atoms with van der Waals surface area (Å²) in [5, 5.41) is 7.83. The highest BCUT2D eigenvalue weighted by molar-refractivity contribution is 5.97. The van der Waals surface area contributed by atoms with Crippen molar-refractivity contribution < 1.29 is 9.59 Å². The third-order valence-corrected chi connectivity index (χ3v) is 5.17. The third kappa shape index (κ3) is 8.40. The Kier molecular flexibility index (Phi) is 10.6. The summed E-state index contributed by atoms with van der Waals surface area (Å²) in [6.45, 7) is 12.2. The number of nitrogens with zero attached hydrogens (tertiary/aromatic N) is 4. The van der Waals surface area contributed by atoms with Crippen molar-refractivity contribution in [3.05, 3.63) is 59.7 Å². The molecule has 0 aliphatic rings. The van der Waals surface area contributed by atoms with Gasteiger partial charge in [-0.15, -0.1) is 0 Å². The molecule has 33 heavy (non-hydrogen) atoms. The van der Waals surface area contributed by atoms with Gasteiger partial charge in [0, 0.05) is 37.6 Å². The maximum atomic E-state index is 11.9. The van der Waals surface area contributed by atoms with E-state index in [-0.39, 0.29) is 6.42 Å². The minimum Gasteiger partial charge on any atom is -0.372 e. The van der Waals surface area contributed by atoms with Gasteiger partial charge in [-0.3, -0.25) is 9.59 Å². The molecule has 0 atom stereocenters. The van der Waals surface area contributed by atoms with E-state index in [4.69, 9.17) is 0 Å². The van der Waals surface area contributed by atoms with Gasteiger partial charge in [-0.2, -0.15) is 10.2 Å². The molecule has 8 nitrogen and oxygen atoms in total. The molecule has 8 heteroatoms. The van der Waals surface area contributed by atoms with Crippen molar-refractivity contribution in [2.75, 3.05) is 36.0 Å². The lowest BCUT2D eigenvalue weighted by molar-refractivity contribution is -0.129. The molecule has 0 aliphatic carbocycles. The summed E-state index contributed by atoms with van der Waals surface area (Å²) in [6, 6.07) is 15.8. The molecule has 0 spiro atoms. The number of carbonyl (C=O) groups is 2. The van der Waals surface area contributed by atoms with Gasteiger partial charge in [0.2, 0.25) is 11.8 Å².